The van der Waals surface area contributed by atoms with Crippen LogP contribution in [-0.2, 0) is 20.4 Å². The van der Waals surface area contributed by atoms with Crippen LogP contribution < -0.4 is 9.62 Å². The van der Waals surface area contributed by atoms with Crippen LogP contribution in [0.5, 0.6) is 0 Å². The van der Waals surface area contributed by atoms with Gasteiger partial charge in [0.25, 0.3) is 5.91 Å². The second-order valence-electron chi connectivity index (χ2n) is 7.95. The summed E-state index contributed by atoms with van der Waals surface area (Å²) in [5, 5.41) is 13.7. The van der Waals surface area contributed by atoms with Gasteiger partial charge < -0.3 is 5.32 Å². The average Bonchev–Trinajstić information content (AvgIpc) is 3.42. The van der Waals surface area contributed by atoms with Gasteiger partial charge in [0.1, 0.15) is 11.9 Å². The highest BCUT2D eigenvalue weighted by Crippen LogP contribution is 2.30. The molecular formula is C21H21N7O5S. The van der Waals surface area contributed by atoms with E-state index in [1.54, 1.807) is 31.2 Å². The van der Waals surface area contributed by atoms with Gasteiger partial charge in [0.2, 0.25) is 10.0 Å². The molecule has 1 aromatic heterocycles. The van der Waals surface area contributed by atoms with Gasteiger partial charge in [-0.15, -0.1) is 5.10 Å². The normalized spacial score (nSPS) is 18.1. The summed E-state index contributed by atoms with van der Waals surface area (Å²) in [5.74, 6) is -1.04. The van der Waals surface area contributed by atoms with Gasteiger partial charge in [-0.05, 0) is 59.3 Å². The van der Waals surface area contributed by atoms with Crippen LogP contribution in [0.2, 0.25) is 0 Å². The van der Waals surface area contributed by atoms with Gasteiger partial charge in [0.15, 0.2) is 5.78 Å². The molecule has 1 saturated heterocycles. The zero-order valence-electron chi connectivity index (χ0n) is 18.5. The van der Waals surface area contributed by atoms with Gasteiger partial charge in [-0.1, -0.05) is 12.1 Å². The van der Waals surface area contributed by atoms with E-state index in [-0.39, 0.29) is 5.56 Å². The molecule has 12 nitrogen and oxygen atoms in total. The number of Topliss-reactive ketones (excluding diaryl/α,β-unsaturated/α-hetero) is 1. The fourth-order valence-corrected chi connectivity index (χ4v) is 4.06. The van der Waals surface area contributed by atoms with Crippen LogP contribution in [0.25, 0.3) is 5.69 Å². The number of rotatable bonds is 7. The molecule has 0 aliphatic carbocycles. The van der Waals surface area contributed by atoms with Gasteiger partial charge in [0, 0.05) is 12.6 Å². The van der Waals surface area contributed by atoms with Crippen molar-refractivity contribution in [3.05, 3.63) is 66.0 Å². The predicted octanol–water partition coefficient (Wildman–Crippen LogP) is 0.708. The first-order chi connectivity index (χ1) is 16.0. The molecule has 176 valence electrons. The van der Waals surface area contributed by atoms with Crippen molar-refractivity contribution in [3.8, 4) is 5.69 Å². The molecule has 1 aliphatic rings. The van der Waals surface area contributed by atoms with Gasteiger partial charge in [0.05, 0.1) is 24.2 Å². The van der Waals surface area contributed by atoms with Gasteiger partial charge in [-0.25, -0.2) is 17.9 Å². The van der Waals surface area contributed by atoms with E-state index >= 15 is 0 Å². The number of hydrogen-bond donors (Lipinski definition) is 1. The van der Waals surface area contributed by atoms with Crippen molar-refractivity contribution in [2.24, 2.45) is 0 Å². The Morgan fingerprint density at radius 1 is 1.15 bits per heavy atom. The minimum Gasteiger partial charge on any atom is -0.319 e. The van der Waals surface area contributed by atoms with Crippen molar-refractivity contribution >= 4 is 33.4 Å². The van der Waals surface area contributed by atoms with Crippen LogP contribution >= 0.6 is 0 Å². The number of amides is 3. The van der Waals surface area contributed by atoms with E-state index in [0.29, 0.717) is 16.9 Å². The molecule has 3 aromatic rings. The molecule has 2 aromatic carbocycles. The first-order valence-electron chi connectivity index (χ1n) is 10.1. The summed E-state index contributed by atoms with van der Waals surface area (Å²) in [4.78, 5) is 39.5. The van der Waals surface area contributed by atoms with E-state index in [1.807, 2.05) is 0 Å². The maximum atomic E-state index is 13.2. The summed E-state index contributed by atoms with van der Waals surface area (Å²) in [5.41, 5.74) is 0.328. The summed E-state index contributed by atoms with van der Waals surface area (Å²) >= 11 is 0. The fraction of sp³-hybridized carbons (Fsp3) is 0.238. The Morgan fingerprint density at radius 3 is 2.47 bits per heavy atom. The van der Waals surface area contributed by atoms with Crippen molar-refractivity contribution in [2.75, 3.05) is 24.2 Å². The molecule has 1 aliphatic heterocycles. The number of tetrazole rings is 1. The number of carbonyl (C=O) groups is 3. The van der Waals surface area contributed by atoms with Crippen LogP contribution in [0.4, 0.5) is 10.5 Å². The van der Waals surface area contributed by atoms with Crippen LogP contribution in [-0.4, -0.2) is 71.1 Å². The van der Waals surface area contributed by atoms with Crippen LogP contribution in [0.3, 0.4) is 0 Å². The molecule has 0 radical (unpaired) electrons. The highest BCUT2D eigenvalue weighted by Gasteiger charge is 2.49. The molecular weight excluding hydrogens is 462 g/mol. The number of aromatic nitrogens is 4. The zero-order chi connectivity index (χ0) is 24.7. The minimum atomic E-state index is -3.45. The zero-order valence-corrected chi connectivity index (χ0v) is 19.4. The number of urea groups is 1. The molecule has 2 heterocycles. The molecule has 1 N–H and O–H groups in total. The summed E-state index contributed by atoms with van der Waals surface area (Å²) in [6, 6.07) is 12.0. The Morgan fingerprint density at radius 2 is 1.85 bits per heavy atom. The van der Waals surface area contributed by atoms with Gasteiger partial charge in [-0.3, -0.25) is 18.8 Å². The molecule has 0 saturated carbocycles. The quantitative estimate of drug-likeness (QED) is 0.382. The Balaban J connectivity index is 1.53. The fourth-order valence-electron chi connectivity index (χ4n) is 3.56. The third-order valence-electron chi connectivity index (χ3n) is 5.66. The number of carbonyl (C=O) groups excluding carboxylic acids is 3. The maximum Gasteiger partial charge on any atom is 0.325 e. The lowest BCUT2D eigenvalue weighted by Gasteiger charge is -2.22. The van der Waals surface area contributed by atoms with E-state index in [4.69, 9.17) is 0 Å². The molecule has 13 heteroatoms. The van der Waals surface area contributed by atoms with Crippen molar-refractivity contribution in [3.63, 3.8) is 0 Å². The first kappa shape index (κ1) is 23.0. The molecule has 0 bridgehead atoms. The molecule has 3 amide bonds. The van der Waals surface area contributed by atoms with E-state index < -0.39 is 39.8 Å². The third-order valence-corrected chi connectivity index (χ3v) is 6.87. The maximum absolute atomic E-state index is 13.2. The number of sulfonamides is 1. The van der Waals surface area contributed by atoms with E-state index in [0.717, 1.165) is 15.5 Å². The van der Waals surface area contributed by atoms with Gasteiger partial charge >= 0.3 is 6.03 Å². The summed E-state index contributed by atoms with van der Waals surface area (Å²) in [6.45, 7) is 1.10. The Kier molecular flexibility index (Phi) is 5.65. The molecule has 34 heavy (non-hydrogen) atoms. The second-order valence-corrected chi connectivity index (χ2v) is 9.97. The van der Waals surface area contributed by atoms with E-state index in [1.165, 1.54) is 42.3 Å². The van der Waals surface area contributed by atoms with Crippen molar-refractivity contribution < 1.29 is 22.8 Å². The lowest BCUT2D eigenvalue weighted by atomic mass is 9.91. The molecule has 4 rings (SSSR count). The molecule has 1 fully saturated rings. The Bertz CT molecular complexity index is 1370. The molecule has 0 spiro atoms. The Hall–Kier alpha value is -4.13. The predicted molar refractivity (Wildman–Crippen MR) is 121 cm³/mol. The second kappa shape index (κ2) is 8.33. The largest absolute Gasteiger partial charge is 0.325 e. The number of ketones is 1. The lowest BCUT2D eigenvalue weighted by molar-refractivity contribution is -0.130. The van der Waals surface area contributed by atoms with Crippen LogP contribution in [0, 0.1) is 0 Å². The number of anilines is 1. The number of benzene rings is 2. The average molecular weight is 484 g/mol. The SMILES string of the molecule is CN(c1ccc(C(=O)CN2C(=O)NC(C)(c3cccc(-n4cnnn4)c3)C2=O)cc1)S(C)(=O)=O. The number of hydrogen-bond acceptors (Lipinski definition) is 8. The van der Waals surface area contributed by atoms with Crippen molar-refractivity contribution in [1.82, 2.24) is 30.4 Å². The Labute approximate surface area is 195 Å². The molecule has 1 unspecified atom stereocenters. The van der Waals surface area contributed by atoms with E-state index in [2.05, 4.69) is 20.8 Å². The highest BCUT2D eigenvalue weighted by atomic mass is 32.2. The molecule has 1 atom stereocenters. The van der Waals surface area contributed by atoms with Crippen molar-refractivity contribution in [1.29, 1.82) is 0 Å². The third kappa shape index (κ3) is 4.12. The van der Waals surface area contributed by atoms with Crippen LogP contribution in [0.15, 0.2) is 54.9 Å². The van der Waals surface area contributed by atoms with Gasteiger partial charge in [-0.2, -0.15) is 0 Å². The summed E-state index contributed by atoms with van der Waals surface area (Å²) in [6.07, 6.45) is 2.47. The number of nitrogens with one attached hydrogen (secondary N) is 1. The van der Waals surface area contributed by atoms with Crippen LogP contribution in [0.1, 0.15) is 22.8 Å². The summed E-state index contributed by atoms with van der Waals surface area (Å²) in [7, 11) is -2.05. The standard InChI is InChI=1S/C21H21N7O5S/c1-21(15-5-4-6-17(11-15)28-13-22-24-25-28)19(30)27(20(31)23-21)12-18(29)14-7-9-16(10-8-14)26(2)34(3,32)33/h4-11,13H,12H2,1-3H3,(H,23,31). The van der Waals surface area contributed by atoms with E-state index in [9.17, 15) is 22.8 Å². The highest BCUT2D eigenvalue weighted by molar-refractivity contribution is 7.92. The van der Waals surface area contributed by atoms with Crippen molar-refractivity contribution in [2.45, 2.75) is 12.5 Å². The topological polar surface area (TPSA) is 147 Å². The number of imide groups is 1. The summed E-state index contributed by atoms with van der Waals surface area (Å²) < 4.78 is 25.8. The monoisotopic (exact) mass is 483 g/mol. The smallest absolute Gasteiger partial charge is 0.319 e. The first-order valence-corrected chi connectivity index (χ1v) is 11.9. The number of nitrogens with zero attached hydrogens (tertiary/aromatic N) is 6. The lowest BCUT2D eigenvalue weighted by Crippen LogP contribution is -2.41. The minimum absolute atomic E-state index is 0.237.